The summed E-state index contributed by atoms with van der Waals surface area (Å²) >= 11 is 1.63. The fourth-order valence-corrected chi connectivity index (χ4v) is 2.72. The zero-order valence-corrected chi connectivity index (χ0v) is 9.88. The summed E-state index contributed by atoms with van der Waals surface area (Å²) in [5.41, 5.74) is 0.873. The Morgan fingerprint density at radius 3 is 3.12 bits per heavy atom. The molecular formula is C11H13NO3S. The maximum Gasteiger partial charge on any atom is 0.325 e. The van der Waals surface area contributed by atoms with Gasteiger partial charge < -0.3 is 9.64 Å². The van der Waals surface area contributed by atoms with Crippen molar-refractivity contribution in [1.82, 2.24) is 0 Å². The smallest absolute Gasteiger partial charge is 0.325 e. The monoisotopic (exact) mass is 239 g/mol. The molecular weight excluding hydrogens is 226 g/mol. The molecule has 0 N–H and O–H groups in total. The second-order valence-electron chi connectivity index (χ2n) is 3.64. The Labute approximate surface area is 97.8 Å². The number of anilines is 1. The van der Waals surface area contributed by atoms with E-state index in [2.05, 4.69) is 4.74 Å². The zero-order chi connectivity index (χ0) is 11.5. The van der Waals surface area contributed by atoms with Crippen molar-refractivity contribution < 1.29 is 14.3 Å². The van der Waals surface area contributed by atoms with Gasteiger partial charge in [-0.15, -0.1) is 11.3 Å². The Bertz CT molecular complexity index is 413. The SMILES string of the molecule is COC(=O)CN1C(=O)CCCc2sccc21. The molecule has 0 saturated heterocycles. The van der Waals surface area contributed by atoms with Crippen molar-refractivity contribution in [3.8, 4) is 0 Å². The van der Waals surface area contributed by atoms with E-state index in [4.69, 9.17) is 0 Å². The Hall–Kier alpha value is -1.36. The molecule has 0 radical (unpaired) electrons. The highest BCUT2D eigenvalue weighted by molar-refractivity contribution is 7.10. The average Bonchev–Trinajstić information content (AvgIpc) is 2.68. The summed E-state index contributed by atoms with van der Waals surface area (Å²) in [4.78, 5) is 25.8. The van der Waals surface area contributed by atoms with Gasteiger partial charge in [0.05, 0.1) is 12.8 Å². The molecule has 0 atom stereocenters. The van der Waals surface area contributed by atoms with E-state index in [0.29, 0.717) is 6.42 Å². The van der Waals surface area contributed by atoms with Crippen LogP contribution in [0.3, 0.4) is 0 Å². The summed E-state index contributed by atoms with van der Waals surface area (Å²) in [6, 6.07) is 1.90. The number of carbonyl (C=O) groups is 2. The highest BCUT2D eigenvalue weighted by Gasteiger charge is 2.25. The maximum absolute atomic E-state index is 11.8. The fourth-order valence-electron chi connectivity index (χ4n) is 1.80. The minimum Gasteiger partial charge on any atom is -0.468 e. The molecule has 1 aliphatic heterocycles. The van der Waals surface area contributed by atoms with Crippen LogP contribution in [0.5, 0.6) is 0 Å². The highest BCUT2D eigenvalue weighted by atomic mass is 32.1. The number of hydrogen-bond acceptors (Lipinski definition) is 4. The van der Waals surface area contributed by atoms with Crippen LogP contribution in [0.25, 0.3) is 0 Å². The van der Waals surface area contributed by atoms with Crippen molar-refractivity contribution in [1.29, 1.82) is 0 Å². The molecule has 2 rings (SSSR count). The van der Waals surface area contributed by atoms with Gasteiger partial charge in [-0.1, -0.05) is 0 Å². The average molecular weight is 239 g/mol. The van der Waals surface area contributed by atoms with Gasteiger partial charge in [-0.25, -0.2) is 0 Å². The van der Waals surface area contributed by atoms with E-state index in [1.165, 1.54) is 16.9 Å². The van der Waals surface area contributed by atoms with Crippen LogP contribution < -0.4 is 4.90 Å². The largest absolute Gasteiger partial charge is 0.468 e. The molecule has 0 fully saturated rings. The number of ether oxygens (including phenoxy) is 1. The number of rotatable bonds is 2. The van der Waals surface area contributed by atoms with Crippen molar-refractivity contribution in [2.24, 2.45) is 0 Å². The third-order valence-electron chi connectivity index (χ3n) is 2.62. The van der Waals surface area contributed by atoms with Crippen LogP contribution in [-0.2, 0) is 20.7 Å². The second kappa shape index (κ2) is 4.65. The van der Waals surface area contributed by atoms with E-state index in [-0.39, 0.29) is 18.4 Å². The normalized spacial score (nSPS) is 15.6. The lowest BCUT2D eigenvalue weighted by molar-refractivity contribution is -0.140. The van der Waals surface area contributed by atoms with Crippen molar-refractivity contribution >= 4 is 28.9 Å². The van der Waals surface area contributed by atoms with Crippen LogP contribution in [0.15, 0.2) is 11.4 Å². The number of thiophene rings is 1. The third kappa shape index (κ3) is 2.09. The number of methoxy groups -OCH3 is 1. The van der Waals surface area contributed by atoms with Gasteiger partial charge in [-0.2, -0.15) is 0 Å². The van der Waals surface area contributed by atoms with Crippen molar-refractivity contribution in [3.05, 3.63) is 16.3 Å². The second-order valence-corrected chi connectivity index (χ2v) is 4.64. The Morgan fingerprint density at radius 2 is 2.38 bits per heavy atom. The van der Waals surface area contributed by atoms with Gasteiger partial charge in [0.15, 0.2) is 0 Å². The van der Waals surface area contributed by atoms with Gasteiger partial charge in [0.2, 0.25) is 5.91 Å². The van der Waals surface area contributed by atoms with Crippen molar-refractivity contribution in [2.75, 3.05) is 18.6 Å². The van der Waals surface area contributed by atoms with E-state index in [0.717, 1.165) is 18.5 Å². The first-order valence-electron chi connectivity index (χ1n) is 5.16. The molecule has 1 aromatic rings. The summed E-state index contributed by atoms with van der Waals surface area (Å²) in [7, 11) is 1.33. The van der Waals surface area contributed by atoms with Crippen LogP contribution in [0, 0.1) is 0 Å². The number of esters is 1. The van der Waals surface area contributed by atoms with Crippen molar-refractivity contribution in [2.45, 2.75) is 19.3 Å². The van der Waals surface area contributed by atoms with Gasteiger partial charge in [-0.05, 0) is 24.3 Å². The van der Waals surface area contributed by atoms with Gasteiger partial charge in [0.1, 0.15) is 6.54 Å². The molecule has 2 heterocycles. The molecule has 4 nitrogen and oxygen atoms in total. The molecule has 16 heavy (non-hydrogen) atoms. The van der Waals surface area contributed by atoms with Crippen LogP contribution in [0.1, 0.15) is 17.7 Å². The number of carbonyl (C=O) groups excluding carboxylic acids is 2. The Morgan fingerprint density at radius 1 is 1.56 bits per heavy atom. The maximum atomic E-state index is 11.8. The van der Waals surface area contributed by atoms with Crippen LogP contribution in [0.2, 0.25) is 0 Å². The molecule has 0 spiro atoms. The molecule has 0 unspecified atom stereocenters. The lowest BCUT2D eigenvalue weighted by atomic mass is 10.2. The number of aryl methyl sites for hydroxylation is 1. The van der Waals surface area contributed by atoms with Crippen LogP contribution >= 0.6 is 11.3 Å². The van der Waals surface area contributed by atoms with Crippen LogP contribution in [-0.4, -0.2) is 25.5 Å². The van der Waals surface area contributed by atoms with Gasteiger partial charge in [0, 0.05) is 11.3 Å². The van der Waals surface area contributed by atoms with Crippen LogP contribution in [0.4, 0.5) is 5.69 Å². The third-order valence-corrected chi connectivity index (χ3v) is 3.59. The summed E-state index contributed by atoms with van der Waals surface area (Å²) in [6.07, 6.45) is 2.26. The molecule has 0 aromatic carbocycles. The lowest BCUT2D eigenvalue weighted by Gasteiger charge is -2.19. The van der Waals surface area contributed by atoms with E-state index >= 15 is 0 Å². The van der Waals surface area contributed by atoms with Gasteiger partial charge in [-0.3, -0.25) is 9.59 Å². The van der Waals surface area contributed by atoms with E-state index in [1.54, 1.807) is 11.3 Å². The minimum absolute atomic E-state index is 0.00236. The fraction of sp³-hybridized carbons (Fsp3) is 0.455. The molecule has 1 amide bonds. The molecule has 0 aliphatic carbocycles. The number of nitrogens with zero attached hydrogens (tertiary/aromatic N) is 1. The number of amides is 1. The summed E-state index contributed by atoms with van der Waals surface area (Å²) < 4.78 is 4.60. The minimum atomic E-state index is -0.382. The molecule has 0 saturated carbocycles. The predicted molar refractivity (Wildman–Crippen MR) is 61.6 cm³/mol. The topological polar surface area (TPSA) is 46.6 Å². The highest BCUT2D eigenvalue weighted by Crippen LogP contribution is 2.31. The summed E-state index contributed by atoms with van der Waals surface area (Å²) in [5, 5.41) is 1.95. The van der Waals surface area contributed by atoms with Gasteiger partial charge in [0.25, 0.3) is 0 Å². The quantitative estimate of drug-likeness (QED) is 0.736. The number of fused-ring (bicyclic) bond motifs is 1. The Balaban J connectivity index is 2.27. The van der Waals surface area contributed by atoms with E-state index in [9.17, 15) is 9.59 Å². The predicted octanol–water partition coefficient (Wildman–Crippen LogP) is 1.59. The first-order valence-corrected chi connectivity index (χ1v) is 6.04. The zero-order valence-electron chi connectivity index (χ0n) is 9.06. The molecule has 0 bridgehead atoms. The lowest BCUT2D eigenvalue weighted by Crippen LogP contribution is -2.35. The van der Waals surface area contributed by atoms with Crippen molar-refractivity contribution in [3.63, 3.8) is 0 Å². The molecule has 1 aromatic heterocycles. The molecule has 1 aliphatic rings. The van der Waals surface area contributed by atoms with E-state index < -0.39 is 0 Å². The summed E-state index contributed by atoms with van der Waals surface area (Å²) in [5.74, 6) is -0.380. The first-order chi connectivity index (χ1) is 7.72. The number of hydrogen-bond donors (Lipinski definition) is 0. The standard InChI is InChI=1S/C11H13NO3S/c1-15-11(14)7-12-8-5-6-16-9(8)3-2-4-10(12)13/h5-6H,2-4,7H2,1H3. The van der Waals surface area contributed by atoms with E-state index in [1.807, 2.05) is 11.4 Å². The first kappa shape index (κ1) is 11.1. The summed E-state index contributed by atoms with van der Waals surface area (Å²) in [6.45, 7) is 0.0130. The molecule has 86 valence electrons. The Kier molecular flexibility index (Phi) is 3.24. The molecule has 5 heteroatoms. The van der Waals surface area contributed by atoms with Gasteiger partial charge >= 0.3 is 5.97 Å².